The summed E-state index contributed by atoms with van der Waals surface area (Å²) in [5.74, 6) is 0.178. The highest BCUT2D eigenvalue weighted by Crippen LogP contribution is 2.34. The monoisotopic (exact) mass is 419 g/mol. The van der Waals surface area contributed by atoms with E-state index >= 15 is 0 Å². The molecule has 1 aliphatic heterocycles. The van der Waals surface area contributed by atoms with Crippen molar-refractivity contribution in [2.45, 2.75) is 13.5 Å². The average Bonchev–Trinajstić information content (AvgIpc) is 3.35. The quantitative estimate of drug-likeness (QED) is 0.323. The first-order valence-electron chi connectivity index (χ1n) is 9.26. The van der Waals surface area contributed by atoms with Gasteiger partial charge in [-0.05, 0) is 65.7 Å². The number of nitrogens with zero attached hydrogens (tertiary/aromatic N) is 3. The van der Waals surface area contributed by atoms with E-state index in [2.05, 4.69) is 10.2 Å². The van der Waals surface area contributed by atoms with Crippen molar-refractivity contribution in [1.82, 2.24) is 4.90 Å². The molecule has 0 atom stereocenters. The molecule has 150 valence electrons. The summed E-state index contributed by atoms with van der Waals surface area (Å²) in [6.45, 7) is 2.26. The number of rotatable bonds is 5. The van der Waals surface area contributed by atoms with Gasteiger partial charge in [-0.3, -0.25) is 9.69 Å². The van der Waals surface area contributed by atoms with Crippen LogP contribution in [-0.4, -0.2) is 22.2 Å². The van der Waals surface area contributed by atoms with Crippen LogP contribution in [0.25, 0.3) is 6.08 Å². The molecule has 1 aliphatic rings. The fraction of sp³-hybridized carbons (Fsp3) is 0.0870. The maximum Gasteiger partial charge on any atom is 0.267 e. The summed E-state index contributed by atoms with van der Waals surface area (Å²) >= 11 is 1.26. The largest absolute Gasteiger partial charge is 0.467 e. The minimum Gasteiger partial charge on any atom is -0.467 e. The number of amides is 1. The highest BCUT2D eigenvalue weighted by atomic mass is 32.2. The first-order chi connectivity index (χ1) is 14.6. The Morgan fingerprint density at radius 1 is 1.10 bits per heavy atom. The Kier molecular flexibility index (Phi) is 5.90. The van der Waals surface area contributed by atoms with E-state index in [0.29, 0.717) is 21.4 Å². The van der Waals surface area contributed by atoms with Crippen LogP contribution >= 0.6 is 11.8 Å². The molecule has 1 saturated heterocycles. The van der Waals surface area contributed by atoms with Gasteiger partial charge in [0, 0.05) is 0 Å². The van der Waals surface area contributed by atoms with Crippen LogP contribution < -0.4 is 0 Å². The normalized spacial score (nSPS) is 17.0. The van der Waals surface area contributed by atoms with E-state index in [9.17, 15) is 9.18 Å². The molecule has 0 radical (unpaired) electrons. The number of halogens is 1. The van der Waals surface area contributed by atoms with E-state index in [1.54, 1.807) is 30.5 Å². The van der Waals surface area contributed by atoms with E-state index < -0.39 is 0 Å². The molecule has 0 N–H and O–H groups in total. The molecule has 30 heavy (non-hydrogen) atoms. The van der Waals surface area contributed by atoms with Gasteiger partial charge in [0.2, 0.25) is 0 Å². The van der Waals surface area contributed by atoms with Crippen molar-refractivity contribution < 1.29 is 13.6 Å². The number of amidine groups is 1. The molecular weight excluding hydrogens is 401 g/mol. The van der Waals surface area contributed by atoms with Crippen LogP contribution in [0.4, 0.5) is 4.39 Å². The highest BCUT2D eigenvalue weighted by molar-refractivity contribution is 8.18. The number of benzene rings is 2. The topological polar surface area (TPSA) is 58.2 Å². The summed E-state index contributed by atoms with van der Waals surface area (Å²) in [4.78, 5) is 15.1. The standard InChI is InChI=1S/C23H18FN3O2S/c1-16-5-2-3-6-18(16)13-21-22(28)27(15-20-7-4-12-29-20)23(30-21)26-25-14-17-8-10-19(24)11-9-17/h2-14H,15H2,1H3/b21-13-,25-14-,26-23+. The smallest absolute Gasteiger partial charge is 0.267 e. The maximum atomic E-state index is 13.0. The molecule has 0 unspecified atom stereocenters. The van der Waals surface area contributed by atoms with Crippen molar-refractivity contribution in [3.8, 4) is 0 Å². The van der Waals surface area contributed by atoms with E-state index in [0.717, 1.165) is 11.1 Å². The van der Waals surface area contributed by atoms with Crippen LogP contribution in [-0.2, 0) is 11.3 Å². The maximum absolute atomic E-state index is 13.0. The number of furan rings is 1. The fourth-order valence-corrected chi connectivity index (χ4v) is 3.79. The summed E-state index contributed by atoms with van der Waals surface area (Å²) in [5.41, 5.74) is 2.77. The minimum absolute atomic E-state index is 0.157. The Hall–Kier alpha value is -3.45. The Balaban J connectivity index is 1.63. The predicted molar refractivity (Wildman–Crippen MR) is 117 cm³/mol. The molecule has 0 bridgehead atoms. The summed E-state index contributed by atoms with van der Waals surface area (Å²) in [6.07, 6.45) is 4.95. The first kappa shape index (κ1) is 19.8. The lowest BCUT2D eigenvalue weighted by atomic mass is 10.1. The third kappa shape index (κ3) is 4.58. The van der Waals surface area contributed by atoms with Gasteiger partial charge in [-0.15, -0.1) is 5.10 Å². The van der Waals surface area contributed by atoms with Gasteiger partial charge in [0.25, 0.3) is 5.91 Å². The van der Waals surface area contributed by atoms with Gasteiger partial charge in [0.1, 0.15) is 11.6 Å². The van der Waals surface area contributed by atoms with Crippen LogP contribution in [0, 0.1) is 12.7 Å². The number of aryl methyl sites for hydroxylation is 1. The van der Waals surface area contributed by atoms with Crippen LogP contribution in [0.3, 0.4) is 0 Å². The second kappa shape index (κ2) is 8.92. The lowest BCUT2D eigenvalue weighted by Crippen LogP contribution is -2.28. The van der Waals surface area contributed by atoms with Crippen LogP contribution in [0.5, 0.6) is 0 Å². The van der Waals surface area contributed by atoms with Crippen LogP contribution in [0.15, 0.2) is 86.5 Å². The van der Waals surface area contributed by atoms with Crippen LogP contribution in [0.1, 0.15) is 22.5 Å². The Morgan fingerprint density at radius 2 is 1.90 bits per heavy atom. The number of hydrogen-bond acceptors (Lipinski definition) is 5. The number of carbonyl (C=O) groups excluding carboxylic acids is 1. The van der Waals surface area contributed by atoms with Crippen molar-refractivity contribution >= 4 is 35.1 Å². The molecule has 3 aromatic rings. The van der Waals surface area contributed by atoms with Crippen molar-refractivity contribution in [3.63, 3.8) is 0 Å². The molecule has 5 nitrogen and oxygen atoms in total. The number of carbonyl (C=O) groups is 1. The third-order valence-electron chi connectivity index (χ3n) is 4.48. The van der Waals surface area contributed by atoms with Gasteiger partial charge in [0.05, 0.1) is 23.9 Å². The van der Waals surface area contributed by atoms with Gasteiger partial charge in [-0.1, -0.05) is 36.4 Å². The van der Waals surface area contributed by atoms with Gasteiger partial charge in [-0.2, -0.15) is 5.10 Å². The summed E-state index contributed by atoms with van der Waals surface area (Å²) < 4.78 is 18.4. The van der Waals surface area contributed by atoms with E-state index in [-0.39, 0.29) is 18.3 Å². The lowest BCUT2D eigenvalue weighted by molar-refractivity contribution is -0.122. The fourth-order valence-electron chi connectivity index (χ4n) is 2.86. The van der Waals surface area contributed by atoms with Gasteiger partial charge in [-0.25, -0.2) is 4.39 Å². The van der Waals surface area contributed by atoms with Gasteiger partial charge in [0.15, 0.2) is 5.17 Å². The lowest BCUT2D eigenvalue weighted by Gasteiger charge is -2.12. The van der Waals surface area contributed by atoms with E-state index in [4.69, 9.17) is 4.42 Å². The Labute approximate surface area is 177 Å². The predicted octanol–water partition coefficient (Wildman–Crippen LogP) is 5.23. The van der Waals surface area contributed by atoms with Gasteiger partial charge < -0.3 is 4.42 Å². The van der Waals surface area contributed by atoms with Crippen molar-refractivity contribution in [3.05, 3.63) is 100 Å². The number of thioether (sulfide) groups is 1. The SMILES string of the molecule is Cc1ccccc1/C=C1\S/C(=N/N=C\c2ccc(F)cc2)N(Cc2ccco2)C1=O. The highest BCUT2D eigenvalue weighted by Gasteiger charge is 2.34. The zero-order valence-electron chi connectivity index (χ0n) is 16.2. The zero-order chi connectivity index (χ0) is 20.9. The third-order valence-corrected chi connectivity index (χ3v) is 5.47. The molecule has 4 rings (SSSR count). The molecule has 1 fully saturated rings. The zero-order valence-corrected chi connectivity index (χ0v) is 17.0. The molecule has 0 aliphatic carbocycles. The first-order valence-corrected chi connectivity index (χ1v) is 10.1. The summed E-state index contributed by atoms with van der Waals surface area (Å²) in [7, 11) is 0. The van der Waals surface area contributed by atoms with Crippen molar-refractivity contribution in [2.24, 2.45) is 10.2 Å². The molecule has 7 heteroatoms. The molecule has 0 spiro atoms. The molecule has 2 aromatic carbocycles. The molecule has 2 heterocycles. The van der Waals surface area contributed by atoms with Gasteiger partial charge >= 0.3 is 0 Å². The minimum atomic E-state index is -0.314. The van der Waals surface area contributed by atoms with Crippen molar-refractivity contribution in [2.75, 3.05) is 0 Å². The molecule has 1 amide bonds. The Morgan fingerprint density at radius 3 is 2.63 bits per heavy atom. The summed E-state index contributed by atoms with van der Waals surface area (Å²) in [5, 5.41) is 8.79. The summed E-state index contributed by atoms with van der Waals surface area (Å²) in [6, 6.07) is 17.4. The average molecular weight is 419 g/mol. The van der Waals surface area contributed by atoms with Crippen LogP contribution in [0.2, 0.25) is 0 Å². The molecule has 0 saturated carbocycles. The Bertz CT molecular complexity index is 1140. The second-order valence-corrected chi connectivity index (χ2v) is 7.63. The van der Waals surface area contributed by atoms with E-state index in [1.807, 2.05) is 37.3 Å². The van der Waals surface area contributed by atoms with E-state index in [1.165, 1.54) is 35.0 Å². The second-order valence-electron chi connectivity index (χ2n) is 6.62. The molecule has 1 aromatic heterocycles. The molecular formula is C23H18FN3O2S. The van der Waals surface area contributed by atoms with Crippen molar-refractivity contribution in [1.29, 1.82) is 0 Å². The number of hydrogen-bond donors (Lipinski definition) is 0.